The third kappa shape index (κ3) is 4.57. The Bertz CT molecular complexity index is 1080. The molecule has 0 aromatic heterocycles. The van der Waals surface area contributed by atoms with Gasteiger partial charge >= 0.3 is 6.03 Å². The maximum Gasteiger partial charge on any atom is 0.335 e. The van der Waals surface area contributed by atoms with Gasteiger partial charge in [-0.15, -0.1) is 0 Å². The van der Waals surface area contributed by atoms with E-state index in [1.165, 1.54) is 13.2 Å². The number of nitrogens with zero attached hydrogens (tertiary/aromatic N) is 1. The molecule has 0 aliphatic carbocycles. The zero-order valence-electron chi connectivity index (χ0n) is 15.8. The Hall–Kier alpha value is -2.66. The van der Waals surface area contributed by atoms with Gasteiger partial charge in [0.05, 0.1) is 16.4 Å². The topological polar surface area (TPSA) is 84.9 Å². The summed E-state index contributed by atoms with van der Waals surface area (Å²) >= 11 is 5.39. The maximum atomic E-state index is 13.0. The van der Waals surface area contributed by atoms with E-state index in [9.17, 15) is 14.4 Å². The summed E-state index contributed by atoms with van der Waals surface area (Å²) in [5.74, 6) is -0.510. The van der Waals surface area contributed by atoms with E-state index in [0.717, 1.165) is 8.47 Å². The van der Waals surface area contributed by atoms with E-state index in [2.05, 4.69) is 50.4 Å². The summed E-state index contributed by atoms with van der Waals surface area (Å²) in [6.07, 6.45) is 3.03. The molecule has 2 aromatic carbocycles. The van der Waals surface area contributed by atoms with Crippen LogP contribution in [0.5, 0.6) is 11.5 Å². The number of benzene rings is 2. The Kier molecular flexibility index (Phi) is 6.93. The Balaban J connectivity index is 2.02. The molecule has 0 unspecified atom stereocenters. The molecule has 154 valence electrons. The van der Waals surface area contributed by atoms with E-state index in [4.69, 9.17) is 9.47 Å². The number of imide groups is 2. The fourth-order valence-corrected chi connectivity index (χ4v) is 3.95. The highest BCUT2D eigenvalue weighted by atomic mass is 127. The number of carbonyl (C=O) groups excluding carboxylic acids is 3. The number of nitrogens with one attached hydrogen (secondary N) is 1. The average molecular weight is 583 g/mol. The standard InChI is InChI=1S/C21H16BrIN2O5/c1-3-7-30-18-16(23)9-12(10-17(18)29-2)8-15-19(26)24-21(28)25(20(15)27)14-6-4-5-13(22)11-14/h3-6,8-11H,1,7H2,2H3,(H,24,26,28). The maximum absolute atomic E-state index is 13.0. The number of methoxy groups -OCH3 is 1. The zero-order valence-corrected chi connectivity index (χ0v) is 19.5. The van der Waals surface area contributed by atoms with Crippen LogP contribution in [-0.4, -0.2) is 31.6 Å². The molecule has 1 saturated heterocycles. The van der Waals surface area contributed by atoms with E-state index in [0.29, 0.717) is 33.8 Å². The van der Waals surface area contributed by atoms with Crippen molar-refractivity contribution < 1.29 is 23.9 Å². The summed E-state index contributed by atoms with van der Waals surface area (Å²) < 4.78 is 12.4. The van der Waals surface area contributed by atoms with Crippen molar-refractivity contribution in [3.8, 4) is 11.5 Å². The van der Waals surface area contributed by atoms with Crippen molar-refractivity contribution in [2.45, 2.75) is 0 Å². The smallest absolute Gasteiger partial charge is 0.335 e. The Morgan fingerprint density at radius 1 is 1.23 bits per heavy atom. The van der Waals surface area contributed by atoms with Crippen LogP contribution < -0.4 is 19.7 Å². The molecule has 9 heteroatoms. The molecule has 30 heavy (non-hydrogen) atoms. The SMILES string of the molecule is C=CCOc1c(I)cc(C=C2C(=O)NC(=O)N(c3cccc(Br)c3)C2=O)cc1OC. The van der Waals surface area contributed by atoms with E-state index in [-0.39, 0.29) is 5.57 Å². The van der Waals surface area contributed by atoms with Gasteiger partial charge in [0.15, 0.2) is 11.5 Å². The molecule has 3 rings (SSSR count). The first-order valence-corrected chi connectivity index (χ1v) is 10.5. The van der Waals surface area contributed by atoms with Gasteiger partial charge in [0.25, 0.3) is 11.8 Å². The summed E-state index contributed by atoms with van der Waals surface area (Å²) in [4.78, 5) is 38.6. The first-order valence-electron chi connectivity index (χ1n) is 8.64. The van der Waals surface area contributed by atoms with Crippen LogP contribution in [0.25, 0.3) is 6.08 Å². The number of rotatable bonds is 6. The van der Waals surface area contributed by atoms with Crippen LogP contribution in [0.15, 0.2) is 59.1 Å². The van der Waals surface area contributed by atoms with Gasteiger partial charge in [-0.3, -0.25) is 14.9 Å². The number of barbiturate groups is 1. The number of anilines is 1. The predicted octanol–water partition coefficient (Wildman–Crippen LogP) is 4.29. The van der Waals surface area contributed by atoms with Crippen molar-refractivity contribution in [3.63, 3.8) is 0 Å². The minimum atomic E-state index is -0.805. The summed E-state index contributed by atoms with van der Waals surface area (Å²) in [7, 11) is 1.50. The Morgan fingerprint density at radius 3 is 2.67 bits per heavy atom. The minimum absolute atomic E-state index is 0.174. The second-order valence-corrected chi connectivity index (χ2v) is 8.15. The fourth-order valence-electron chi connectivity index (χ4n) is 2.78. The van der Waals surface area contributed by atoms with Gasteiger partial charge in [0.2, 0.25) is 0 Å². The number of carbonyl (C=O) groups is 3. The van der Waals surface area contributed by atoms with Crippen molar-refractivity contribution in [3.05, 3.63) is 68.2 Å². The van der Waals surface area contributed by atoms with Crippen molar-refractivity contribution in [2.75, 3.05) is 18.6 Å². The largest absolute Gasteiger partial charge is 0.493 e. The average Bonchev–Trinajstić information content (AvgIpc) is 2.70. The molecule has 2 aromatic rings. The molecule has 0 spiro atoms. The Morgan fingerprint density at radius 2 is 2.00 bits per heavy atom. The summed E-state index contributed by atoms with van der Waals surface area (Å²) in [6, 6.07) is 9.26. The van der Waals surface area contributed by atoms with Gasteiger partial charge in [0, 0.05) is 4.47 Å². The van der Waals surface area contributed by atoms with Crippen molar-refractivity contribution in [1.82, 2.24) is 5.32 Å². The van der Waals surface area contributed by atoms with E-state index < -0.39 is 17.8 Å². The second kappa shape index (κ2) is 9.43. The highest BCUT2D eigenvalue weighted by Crippen LogP contribution is 2.35. The predicted molar refractivity (Wildman–Crippen MR) is 125 cm³/mol. The van der Waals surface area contributed by atoms with Crippen LogP contribution in [0.3, 0.4) is 0 Å². The quantitative estimate of drug-likeness (QED) is 0.238. The normalized spacial score (nSPS) is 15.2. The molecule has 7 nitrogen and oxygen atoms in total. The summed E-state index contributed by atoms with van der Waals surface area (Å²) in [5.41, 5.74) is 0.710. The molecule has 0 atom stereocenters. The first-order chi connectivity index (χ1) is 14.3. The van der Waals surface area contributed by atoms with Gasteiger partial charge in [0.1, 0.15) is 12.2 Å². The van der Waals surface area contributed by atoms with Crippen LogP contribution in [0.2, 0.25) is 0 Å². The van der Waals surface area contributed by atoms with Crippen LogP contribution in [0.1, 0.15) is 5.56 Å². The van der Waals surface area contributed by atoms with Gasteiger partial charge in [-0.2, -0.15) is 0 Å². The van der Waals surface area contributed by atoms with Gasteiger partial charge < -0.3 is 9.47 Å². The molecule has 1 aliphatic rings. The highest BCUT2D eigenvalue weighted by molar-refractivity contribution is 14.1. The summed E-state index contributed by atoms with van der Waals surface area (Å²) in [6.45, 7) is 3.92. The molecular formula is C21H16BrIN2O5. The van der Waals surface area contributed by atoms with E-state index >= 15 is 0 Å². The molecule has 1 N–H and O–H groups in total. The number of ether oxygens (including phenoxy) is 2. The zero-order chi connectivity index (χ0) is 21.8. The lowest BCUT2D eigenvalue weighted by atomic mass is 10.1. The third-order valence-electron chi connectivity index (χ3n) is 4.08. The molecule has 1 heterocycles. The lowest BCUT2D eigenvalue weighted by molar-refractivity contribution is -0.122. The lowest BCUT2D eigenvalue weighted by Gasteiger charge is -2.26. The van der Waals surface area contributed by atoms with Crippen molar-refractivity contribution in [1.29, 1.82) is 0 Å². The molecule has 0 radical (unpaired) electrons. The van der Waals surface area contributed by atoms with Crippen LogP contribution in [0.4, 0.5) is 10.5 Å². The molecule has 4 amide bonds. The van der Waals surface area contributed by atoms with Gasteiger partial charge in [-0.05, 0) is 64.6 Å². The van der Waals surface area contributed by atoms with Crippen LogP contribution in [-0.2, 0) is 9.59 Å². The van der Waals surface area contributed by atoms with Crippen molar-refractivity contribution >= 4 is 68.1 Å². The number of amides is 4. The molecule has 1 fully saturated rings. The first kappa shape index (κ1) is 22.0. The molecule has 0 bridgehead atoms. The minimum Gasteiger partial charge on any atom is -0.493 e. The fraction of sp³-hybridized carbons (Fsp3) is 0.0952. The monoisotopic (exact) mass is 582 g/mol. The van der Waals surface area contributed by atoms with Gasteiger partial charge in [-0.1, -0.05) is 34.7 Å². The number of urea groups is 1. The molecule has 1 aliphatic heterocycles. The van der Waals surface area contributed by atoms with E-state index in [1.54, 1.807) is 42.5 Å². The number of hydrogen-bond acceptors (Lipinski definition) is 5. The summed E-state index contributed by atoms with van der Waals surface area (Å²) in [5, 5.41) is 2.21. The van der Waals surface area contributed by atoms with Crippen LogP contribution >= 0.6 is 38.5 Å². The second-order valence-electron chi connectivity index (χ2n) is 6.07. The Labute approximate surface area is 195 Å². The van der Waals surface area contributed by atoms with E-state index in [1.807, 2.05) is 0 Å². The lowest BCUT2D eigenvalue weighted by Crippen LogP contribution is -2.54. The van der Waals surface area contributed by atoms with Gasteiger partial charge in [-0.25, -0.2) is 9.69 Å². The molecule has 0 saturated carbocycles. The van der Waals surface area contributed by atoms with Crippen LogP contribution in [0, 0.1) is 3.57 Å². The number of hydrogen-bond donors (Lipinski definition) is 1. The third-order valence-corrected chi connectivity index (χ3v) is 5.37. The van der Waals surface area contributed by atoms with Crippen molar-refractivity contribution in [2.24, 2.45) is 0 Å². The number of halogens is 2. The highest BCUT2D eigenvalue weighted by Gasteiger charge is 2.36. The molecular weight excluding hydrogens is 567 g/mol.